The number of rotatable bonds is 4. The van der Waals surface area contributed by atoms with Gasteiger partial charge in [-0.1, -0.05) is 18.2 Å². The summed E-state index contributed by atoms with van der Waals surface area (Å²) in [6, 6.07) is 17.2. The fourth-order valence-electron chi connectivity index (χ4n) is 2.55. The Labute approximate surface area is 157 Å². The van der Waals surface area contributed by atoms with E-state index in [1.807, 2.05) is 0 Å². The zero-order chi connectivity index (χ0) is 19.6. The minimum absolute atomic E-state index is 0.324. The number of carbonyl (C=O) groups excluding carboxylic acids is 1. The lowest BCUT2D eigenvalue weighted by molar-refractivity contribution is 0.102. The van der Waals surface area contributed by atoms with Crippen LogP contribution >= 0.6 is 0 Å². The third-order valence-electron chi connectivity index (χ3n) is 4.05. The Morgan fingerprint density at radius 2 is 1.59 bits per heavy atom. The van der Waals surface area contributed by atoms with Gasteiger partial charge in [0.1, 0.15) is 5.82 Å². The highest BCUT2D eigenvalue weighted by atomic mass is 32.2. The fourth-order valence-corrected chi connectivity index (χ4v) is 3.20. The van der Waals surface area contributed by atoms with Crippen molar-refractivity contribution < 1.29 is 13.4 Å². The second-order valence-corrected chi connectivity index (χ2v) is 8.29. The molecule has 0 unspecified atom stereocenters. The molecule has 7 heteroatoms. The van der Waals surface area contributed by atoms with Crippen molar-refractivity contribution in [2.45, 2.75) is 4.90 Å². The highest BCUT2D eigenvalue weighted by Crippen LogP contribution is 2.28. The van der Waals surface area contributed by atoms with Gasteiger partial charge in [0.05, 0.1) is 21.1 Å². The third-order valence-corrected chi connectivity index (χ3v) is 5.22. The lowest BCUT2D eigenvalue weighted by Crippen LogP contribution is -2.13. The predicted molar refractivity (Wildman–Crippen MR) is 106 cm³/mol. The van der Waals surface area contributed by atoms with Crippen LogP contribution in [0.25, 0.3) is 11.1 Å². The van der Waals surface area contributed by atoms with Gasteiger partial charge in [0.2, 0.25) is 0 Å². The average molecular weight is 383 g/mol. The molecule has 1 amide bonds. The van der Waals surface area contributed by atoms with E-state index in [1.165, 1.54) is 42.7 Å². The van der Waals surface area contributed by atoms with Crippen LogP contribution in [0.15, 0.2) is 71.6 Å². The summed E-state index contributed by atoms with van der Waals surface area (Å²) in [4.78, 5) is 12.8. The maximum Gasteiger partial charge on any atom is 0.255 e. The van der Waals surface area contributed by atoms with E-state index in [-0.39, 0.29) is 11.7 Å². The highest BCUT2D eigenvalue weighted by Gasteiger charge is 2.11. The molecule has 27 heavy (non-hydrogen) atoms. The maximum atomic E-state index is 13.1. The smallest absolute Gasteiger partial charge is 0.255 e. The molecule has 0 spiro atoms. The van der Waals surface area contributed by atoms with Crippen molar-refractivity contribution in [1.29, 1.82) is 4.78 Å². The first-order valence-electron chi connectivity index (χ1n) is 8.05. The summed E-state index contributed by atoms with van der Waals surface area (Å²) in [5.41, 5.74) is 8.73. The van der Waals surface area contributed by atoms with Crippen LogP contribution in [0.5, 0.6) is 0 Å². The van der Waals surface area contributed by atoms with Gasteiger partial charge < -0.3 is 11.1 Å². The van der Waals surface area contributed by atoms with E-state index in [9.17, 15) is 13.4 Å². The lowest BCUT2D eigenvalue weighted by Gasteiger charge is -2.11. The SMILES string of the molecule is C[S@@](=N)(=O)c1ccc(C(=O)Nc2cc(-c3ccc(F)cc3)ccc2N)cc1. The topological polar surface area (TPSA) is 96.0 Å². The molecule has 0 aliphatic heterocycles. The number of benzene rings is 3. The third kappa shape index (κ3) is 4.32. The number of hydrogen-bond donors (Lipinski definition) is 3. The van der Waals surface area contributed by atoms with Crippen molar-refractivity contribution in [3.05, 3.63) is 78.1 Å². The average Bonchev–Trinajstić information content (AvgIpc) is 2.63. The van der Waals surface area contributed by atoms with Gasteiger partial charge in [-0.15, -0.1) is 0 Å². The van der Waals surface area contributed by atoms with Crippen LogP contribution in [-0.2, 0) is 9.73 Å². The molecule has 138 valence electrons. The van der Waals surface area contributed by atoms with Crippen molar-refractivity contribution in [2.24, 2.45) is 0 Å². The Morgan fingerprint density at radius 3 is 2.19 bits per heavy atom. The fraction of sp³-hybridized carbons (Fsp3) is 0.0500. The summed E-state index contributed by atoms with van der Waals surface area (Å²) in [5, 5.41) is 2.75. The van der Waals surface area contributed by atoms with Crippen molar-refractivity contribution in [3.8, 4) is 11.1 Å². The van der Waals surface area contributed by atoms with Crippen LogP contribution < -0.4 is 11.1 Å². The van der Waals surface area contributed by atoms with E-state index in [0.717, 1.165) is 11.1 Å². The van der Waals surface area contributed by atoms with E-state index in [2.05, 4.69) is 5.32 Å². The van der Waals surface area contributed by atoms with Crippen LogP contribution in [0.3, 0.4) is 0 Å². The summed E-state index contributed by atoms with van der Waals surface area (Å²) in [7, 11) is -2.83. The van der Waals surface area contributed by atoms with E-state index < -0.39 is 9.73 Å². The molecule has 0 heterocycles. The minimum atomic E-state index is -2.83. The molecule has 1 atom stereocenters. The van der Waals surface area contributed by atoms with Crippen LogP contribution in [-0.4, -0.2) is 16.4 Å². The number of amides is 1. The molecule has 0 saturated carbocycles. The second-order valence-electron chi connectivity index (χ2n) is 6.13. The first-order chi connectivity index (χ1) is 12.7. The molecule has 0 fully saturated rings. The van der Waals surface area contributed by atoms with Gasteiger partial charge in [0.15, 0.2) is 0 Å². The van der Waals surface area contributed by atoms with Gasteiger partial charge in [-0.25, -0.2) is 13.4 Å². The molecular weight excluding hydrogens is 365 g/mol. The Balaban J connectivity index is 1.85. The van der Waals surface area contributed by atoms with Gasteiger partial charge in [-0.3, -0.25) is 4.79 Å². The molecule has 0 aliphatic carbocycles. The van der Waals surface area contributed by atoms with Crippen LogP contribution in [0.2, 0.25) is 0 Å². The Morgan fingerprint density at radius 1 is 1.00 bits per heavy atom. The second kappa shape index (κ2) is 7.20. The summed E-state index contributed by atoms with van der Waals surface area (Å²) in [6.07, 6.45) is 1.32. The number of hydrogen-bond acceptors (Lipinski definition) is 4. The first-order valence-corrected chi connectivity index (χ1v) is 10.0. The van der Waals surface area contributed by atoms with Crippen LogP contribution in [0.1, 0.15) is 10.4 Å². The van der Waals surface area contributed by atoms with Crippen molar-refractivity contribution in [3.63, 3.8) is 0 Å². The molecule has 3 rings (SSSR count). The summed E-state index contributed by atoms with van der Waals surface area (Å²) in [5.74, 6) is -0.702. The van der Waals surface area contributed by atoms with E-state index >= 15 is 0 Å². The lowest BCUT2D eigenvalue weighted by atomic mass is 10.0. The first kappa shape index (κ1) is 18.6. The monoisotopic (exact) mass is 383 g/mol. The highest BCUT2D eigenvalue weighted by molar-refractivity contribution is 7.91. The molecule has 4 N–H and O–H groups in total. The Bertz CT molecular complexity index is 1090. The van der Waals surface area contributed by atoms with Gasteiger partial charge in [-0.2, -0.15) is 0 Å². The Kier molecular flexibility index (Phi) is 4.96. The largest absolute Gasteiger partial charge is 0.397 e. The zero-order valence-electron chi connectivity index (χ0n) is 14.5. The maximum absolute atomic E-state index is 13.1. The van der Waals surface area contributed by atoms with Crippen molar-refractivity contribution in [2.75, 3.05) is 17.3 Å². The molecule has 0 saturated heterocycles. The number of nitrogens with two attached hydrogens (primary N) is 1. The molecule has 3 aromatic carbocycles. The summed E-state index contributed by atoms with van der Waals surface area (Å²) < 4.78 is 32.4. The normalized spacial score (nSPS) is 13.0. The standard InChI is InChI=1S/C20H18FN3O2S/c1-27(23,26)17-9-4-14(5-10-17)20(25)24-19-12-15(6-11-18(19)22)13-2-7-16(21)8-3-13/h2-12,23H,22H2,1H3,(H,24,25)/t27-/m1/s1. The number of nitrogens with one attached hydrogen (secondary N) is 2. The minimum Gasteiger partial charge on any atom is -0.397 e. The number of nitrogen functional groups attached to an aromatic ring is 1. The Hall–Kier alpha value is -3.19. The van der Waals surface area contributed by atoms with Crippen molar-refractivity contribution in [1.82, 2.24) is 0 Å². The molecule has 0 bridgehead atoms. The van der Waals surface area contributed by atoms with Gasteiger partial charge in [0.25, 0.3) is 5.91 Å². The summed E-state index contributed by atoms with van der Waals surface area (Å²) >= 11 is 0. The molecular formula is C20H18FN3O2S. The van der Waals surface area contributed by atoms with Gasteiger partial charge >= 0.3 is 0 Å². The molecule has 0 aromatic heterocycles. The summed E-state index contributed by atoms with van der Waals surface area (Å²) in [6.45, 7) is 0. The van der Waals surface area contributed by atoms with Gasteiger partial charge in [0, 0.05) is 16.7 Å². The quantitative estimate of drug-likeness (QED) is 0.584. The number of anilines is 2. The van der Waals surface area contributed by atoms with Crippen LogP contribution in [0, 0.1) is 10.6 Å². The molecule has 5 nitrogen and oxygen atoms in total. The molecule has 3 aromatic rings. The van der Waals surface area contributed by atoms with E-state index in [1.54, 1.807) is 30.3 Å². The van der Waals surface area contributed by atoms with E-state index in [0.29, 0.717) is 21.8 Å². The molecule has 0 radical (unpaired) electrons. The predicted octanol–water partition coefficient (Wildman–Crippen LogP) is 4.36. The zero-order valence-corrected chi connectivity index (χ0v) is 15.3. The number of carbonyl (C=O) groups is 1. The number of halogens is 1. The van der Waals surface area contributed by atoms with Crippen LogP contribution in [0.4, 0.5) is 15.8 Å². The van der Waals surface area contributed by atoms with Crippen molar-refractivity contribution >= 4 is 27.0 Å². The van der Waals surface area contributed by atoms with Gasteiger partial charge in [-0.05, 0) is 59.7 Å². The molecule has 0 aliphatic rings. The van der Waals surface area contributed by atoms with E-state index in [4.69, 9.17) is 10.5 Å².